The summed E-state index contributed by atoms with van der Waals surface area (Å²) in [6.45, 7) is 0.834. The number of nitrogen functional groups attached to an aromatic ring is 1. The molecule has 92 valence electrons. The molecule has 6 N–H and O–H groups in total. The van der Waals surface area contributed by atoms with Crippen LogP contribution in [0.2, 0.25) is 0 Å². The van der Waals surface area contributed by atoms with E-state index in [1.54, 1.807) is 11.0 Å². The van der Waals surface area contributed by atoms with Gasteiger partial charge < -0.3 is 22.1 Å². The molecule has 5 nitrogen and oxygen atoms in total. The van der Waals surface area contributed by atoms with E-state index in [4.69, 9.17) is 17.2 Å². The number of benzene rings is 1. The Morgan fingerprint density at radius 3 is 2.82 bits per heavy atom. The molecule has 1 amide bonds. The molecule has 17 heavy (non-hydrogen) atoms. The lowest BCUT2D eigenvalue weighted by atomic mass is 10.00. The highest BCUT2D eigenvalue weighted by Gasteiger charge is 2.25. The first kappa shape index (κ1) is 11.9. The smallest absolute Gasteiger partial charge is 0.227 e. The van der Waals surface area contributed by atoms with Crippen LogP contribution >= 0.6 is 0 Å². The normalized spacial score (nSPS) is 16.8. The third-order valence-electron chi connectivity index (χ3n) is 3.02. The van der Waals surface area contributed by atoms with E-state index in [0.717, 1.165) is 23.4 Å². The lowest BCUT2D eigenvalue weighted by molar-refractivity contribution is -0.118. The largest absolute Gasteiger partial charge is 0.399 e. The van der Waals surface area contributed by atoms with Gasteiger partial charge in [0.05, 0.1) is 0 Å². The zero-order valence-corrected chi connectivity index (χ0v) is 9.73. The van der Waals surface area contributed by atoms with Crippen LogP contribution in [0.4, 0.5) is 11.4 Å². The minimum Gasteiger partial charge on any atom is -0.399 e. The summed E-state index contributed by atoms with van der Waals surface area (Å²) >= 11 is 0. The number of rotatable bonds is 3. The van der Waals surface area contributed by atoms with Crippen molar-refractivity contribution in [2.24, 2.45) is 11.5 Å². The van der Waals surface area contributed by atoms with Crippen LogP contribution in [0.25, 0.3) is 0 Å². The fourth-order valence-electron chi connectivity index (χ4n) is 2.09. The third kappa shape index (κ3) is 2.40. The average Bonchev–Trinajstić information content (AvgIpc) is 2.32. The molecule has 0 bridgehead atoms. The fraction of sp³-hybridized carbons (Fsp3) is 0.417. The van der Waals surface area contributed by atoms with Crippen LogP contribution in [0.15, 0.2) is 18.2 Å². The molecule has 1 aliphatic heterocycles. The molecule has 1 aromatic carbocycles. The van der Waals surface area contributed by atoms with Crippen LogP contribution in [-0.4, -0.2) is 25.0 Å². The van der Waals surface area contributed by atoms with Gasteiger partial charge in [-0.05, 0) is 30.2 Å². The highest BCUT2D eigenvalue weighted by molar-refractivity contribution is 5.96. The van der Waals surface area contributed by atoms with Crippen LogP contribution < -0.4 is 22.1 Å². The first-order valence-electron chi connectivity index (χ1n) is 5.76. The van der Waals surface area contributed by atoms with Gasteiger partial charge in [-0.3, -0.25) is 4.79 Å². The van der Waals surface area contributed by atoms with Crippen molar-refractivity contribution >= 4 is 17.3 Å². The summed E-state index contributed by atoms with van der Waals surface area (Å²) < 4.78 is 0. The summed E-state index contributed by atoms with van der Waals surface area (Å²) in [7, 11) is 0. The van der Waals surface area contributed by atoms with Gasteiger partial charge in [-0.1, -0.05) is 0 Å². The van der Waals surface area contributed by atoms with Crippen LogP contribution in [0.1, 0.15) is 12.0 Å². The number of aryl methyl sites for hydroxylation is 1. The molecule has 0 aliphatic carbocycles. The maximum Gasteiger partial charge on any atom is 0.227 e. The molecule has 0 saturated carbocycles. The van der Waals surface area contributed by atoms with Crippen LogP contribution in [0.5, 0.6) is 0 Å². The minimum atomic E-state index is -0.192. The Labute approximate surface area is 101 Å². The van der Waals surface area contributed by atoms with Crippen molar-refractivity contribution in [1.29, 1.82) is 0 Å². The Hall–Kier alpha value is -1.59. The zero-order valence-electron chi connectivity index (χ0n) is 9.73. The van der Waals surface area contributed by atoms with E-state index in [0.29, 0.717) is 19.5 Å². The second-order valence-corrected chi connectivity index (χ2v) is 4.39. The van der Waals surface area contributed by atoms with Gasteiger partial charge in [0.2, 0.25) is 5.91 Å². The summed E-state index contributed by atoms with van der Waals surface area (Å²) in [5.41, 5.74) is 19.8. The van der Waals surface area contributed by atoms with Gasteiger partial charge in [-0.15, -0.1) is 0 Å². The number of carbonyl (C=O) groups excluding carboxylic acids is 1. The Balaban J connectivity index is 2.30. The predicted molar refractivity (Wildman–Crippen MR) is 68.6 cm³/mol. The Bertz CT molecular complexity index is 433. The van der Waals surface area contributed by atoms with Crippen molar-refractivity contribution in [2.45, 2.75) is 18.9 Å². The van der Waals surface area contributed by atoms with E-state index in [9.17, 15) is 4.79 Å². The Morgan fingerprint density at radius 1 is 1.35 bits per heavy atom. The van der Waals surface area contributed by atoms with E-state index >= 15 is 0 Å². The van der Waals surface area contributed by atoms with Gasteiger partial charge in [-0.2, -0.15) is 0 Å². The second-order valence-electron chi connectivity index (χ2n) is 4.39. The molecular formula is C12H18N4O. The fourth-order valence-corrected chi connectivity index (χ4v) is 2.09. The SMILES string of the molecule is NCC(N)CN1C(=O)CCc2cc(N)ccc21. The number of fused-ring (bicyclic) bond motifs is 1. The predicted octanol–water partition coefficient (Wildman–Crippen LogP) is -0.166. The number of nitrogens with zero attached hydrogens (tertiary/aromatic N) is 1. The summed E-state index contributed by atoms with van der Waals surface area (Å²) in [6, 6.07) is 5.41. The number of anilines is 2. The summed E-state index contributed by atoms with van der Waals surface area (Å²) in [6.07, 6.45) is 1.25. The van der Waals surface area contributed by atoms with E-state index in [-0.39, 0.29) is 11.9 Å². The Morgan fingerprint density at radius 2 is 2.12 bits per heavy atom. The van der Waals surface area contributed by atoms with E-state index in [1.165, 1.54) is 0 Å². The number of nitrogens with two attached hydrogens (primary N) is 3. The van der Waals surface area contributed by atoms with E-state index in [2.05, 4.69) is 0 Å². The molecule has 0 radical (unpaired) electrons. The first-order chi connectivity index (χ1) is 8.11. The van der Waals surface area contributed by atoms with Gasteiger partial charge in [-0.25, -0.2) is 0 Å². The number of amides is 1. The van der Waals surface area contributed by atoms with Gasteiger partial charge >= 0.3 is 0 Å². The topological polar surface area (TPSA) is 98.4 Å². The maximum atomic E-state index is 11.9. The lowest BCUT2D eigenvalue weighted by Gasteiger charge is -2.31. The quantitative estimate of drug-likeness (QED) is 0.632. The number of hydrogen-bond acceptors (Lipinski definition) is 4. The van der Waals surface area contributed by atoms with Crippen molar-refractivity contribution in [3.05, 3.63) is 23.8 Å². The second kappa shape index (κ2) is 4.73. The lowest BCUT2D eigenvalue weighted by Crippen LogP contribution is -2.46. The van der Waals surface area contributed by atoms with Crippen molar-refractivity contribution in [3.63, 3.8) is 0 Å². The molecular weight excluding hydrogens is 216 g/mol. The molecule has 1 atom stereocenters. The van der Waals surface area contributed by atoms with Gasteiger partial charge in [0.25, 0.3) is 0 Å². The van der Waals surface area contributed by atoms with E-state index < -0.39 is 0 Å². The van der Waals surface area contributed by atoms with E-state index in [1.807, 2.05) is 12.1 Å². The monoisotopic (exact) mass is 234 g/mol. The minimum absolute atomic E-state index is 0.103. The molecule has 0 aromatic heterocycles. The number of carbonyl (C=O) groups is 1. The third-order valence-corrected chi connectivity index (χ3v) is 3.02. The highest BCUT2D eigenvalue weighted by atomic mass is 16.2. The van der Waals surface area contributed by atoms with Gasteiger partial charge in [0.15, 0.2) is 0 Å². The van der Waals surface area contributed by atoms with Gasteiger partial charge in [0, 0.05) is 36.9 Å². The van der Waals surface area contributed by atoms with Crippen LogP contribution in [-0.2, 0) is 11.2 Å². The molecule has 2 rings (SSSR count). The molecule has 5 heteroatoms. The molecule has 0 spiro atoms. The van der Waals surface area contributed by atoms with Crippen LogP contribution in [0, 0.1) is 0 Å². The van der Waals surface area contributed by atoms with Crippen molar-refractivity contribution in [1.82, 2.24) is 0 Å². The van der Waals surface area contributed by atoms with Gasteiger partial charge in [0.1, 0.15) is 0 Å². The molecule has 0 fully saturated rings. The Kier molecular flexibility index (Phi) is 3.31. The molecule has 0 saturated heterocycles. The molecule has 1 aromatic rings. The summed E-state index contributed by atoms with van der Waals surface area (Å²) in [4.78, 5) is 13.6. The maximum absolute atomic E-state index is 11.9. The average molecular weight is 234 g/mol. The number of hydrogen-bond donors (Lipinski definition) is 3. The van der Waals surface area contributed by atoms with Crippen molar-refractivity contribution in [3.8, 4) is 0 Å². The highest BCUT2D eigenvalue weighted by Crippen LogP contribution is 2.29. The first-order valence-corrected chi connectivity index (χ1v) is 5.76. The zero-order chi connectivity index (χ0) is 12.4. The summed E-state index contributed by atoms with van der Waals surface area (Å²) in [5.74, 6) is 0.103. The van der Waals surface area contributed by atoms with Crippen LogP contribution in [0.3, 0.4) is 0 Å². The summed E-state index contributed by atoms with van der Waals surface area (Å²) in [5, 5.41) is 0. The van der Waals surface area contributed by atoms with Crippen molar-refractivity contribution in [2.75, 3.05) is 23.7 Å². The molecule has 1 heterocycles. The molecule has 1 unspecified atom stereocenters. The van der Waals surface area contributed by atoms with Crippen molar-refractivity contribution < 1.29 is 4.79 Å². The molecule has 1 aliphatic rings. The standard InChI is InChI=1S/C12H18N4O/c13-6-10(15)7-16-11-3-2-9(14)5-8(11)1-4-12(16)17/h2-3,5,10H,1,4,6-7,13-15H2.